The highest BCUT2D eigenvalue weighted by Gasteiger charge is 2.15. The van der Waals surface area contributed by atoms with Crippen LogP contribution in [-0.2, 0) is 6.42 Å². The molecule has 2 rings (SSSR count). The minimum Gasteiger partial charge on any atom is -0.389 e. The summed E-state index contributed by atoms with van der Waals surface area (Å²) in [6.45, 7) is 2.32. The molecule has 4 heteroatoms. The molecule has 0 fully saturated rings. The molecule has 1 aromatic heterocycles. The van der Waals surface area contributed by atoms with Crippen molar-refractivity contribution in [3.63, 3.8) is 0 Å². The van der Waals surface area contributed by atoms with Crippen LogP contribution in [0.4, 0.5) is 10.1 Å². The summed E-state index contributed by atoms with van der Waals surface area (Å²) in [7, 11) is 1.84. The Morgan fingerprint density at radius 1 is 1.25 bits per heavy atom. The molecule has 0 aliphatic heterocycles. The summed E-state index contributed by atoms with van der Waals surface area (Å²) in [4.78, 5) is 5.82. The van der Waals surface area contributed by atoms with E-state index in [4.69, 9.17) is 0 Å². The van der Waals surface area contributed by atoms with Gasteiger partial charge in [-0.3, -0.25) is 4.98 Å². The predicted octanol–water partition coefficient (Wildman–Crippen LogP) is 2.95. The van der Waals surface area contributed by atoms with Crippen LogP contribution in [0.1, 0.15) is 24.2 Å². The highest BCUT2D eigenvalue weighted by Crippen LogP contribution is 2.28. The fourth-order valence-corrected chi connectivity index (χ4v) is 2.23. The normalized spacial score (nSPS) is 12.2. The Balaban J connectivity index is 2.15. The number of aromatic nitrogens is 1. The number of para-hydroxylation sites is 1. The molecule has 0 saturated carbocycles. The molecule has 1 unspecified atom stereocenters. The fraction of sp³-hybridized carbons (Fsp3) is 0.312. The molecule has 0 radical (unpaired) electrons. The van der Waals surface area contributed by atoms with Gasteiger partial charge in [0, 0.05) is 31.5 Å². The maximum atomic E-state index is 14.0. The van der Waals surface area contributed by atoms with Crippen molar-refractivity contribution in [2.45, 2.75) is 19.4 Å². The van der Waals surface area contributed by atoms with E-state index in [2.05, 4.69) is 4.98 Å². The summed E-state index contributed by atoms with van der Waals surface area (Å²) in [5, 5.41) is 9.76. The van der Waals surface area contributed by atoms with Gasteiger partial charge in [-0.1, -0.05) is 12.1 Å². The molecule has 106 valence electrons. The van der Waals surface area contributed by atoms with Crippen LogP contribution >= 0.6 is 0 Å². The molecular weight excluding hydrogens is 255 g/mol. The average Bonchev–Trinajstić information content (AvgIpc) is 2.45. The molecule has 1 heterocycles. The number of anilines is 1. The SMILES string of the molecule is CC(O)c1cccc(F)c1N(C)CCc1ccncc1. The van der Waals surface area contributed by atoms with Gasteiger partial charge in [-0.25, -0.2) is 4.39 Å². The second kappa shape index (κ2) is 6.48. The maximum absolute atomic E-state index is 14.0. The van der Waals surface area contributed by atoms with Crippen LogP contribution in [-0.4, -0.2) is 23.7 Å². The fourth-order valence-electron chi connectivity index (χ4n) is 2.23. The zero-order valence-electron chi connectivity index (χ0n) is 11.8. The summed E-state index contributed by atoms with van der Waals surface area (Å²) in [5.41, 5.74) is 2.24. The van der Waals surface area contributed by atoms with Gasteiger partial charge in [0.05, 0.1) is 11.8 Å². The Bertz CT molecular complexity index is 558. The van der Waals surface area contributed by atoms with Gasteiger partial charge in [0.15, 0.2) is 0 Å². The molecule has 1 aromatic carbocycles. The van der Waals surface area contributed by atoms with Crippen molar-refractivity contribution in [1.82, 2.24) is 4.98 Å². The smallest absolute Gasteiger partial charge is 0.146 e. The first-order valence-electron chi connectivity index (χ1n) is 6.66. The standard InChI is InChI=1S/C16H19FN2O/c1-12(20)14-4-3-5-15(17)16(14)19(2)11-8-13-6-9-18-10-7-13/h3-7,9-10,12,20H,8,11H2,1-2H3. The van der Waals surface area contributed by atoms with E-state index in [1.165, 1.54) is 6.07 Å². The average molecular weight is 274 g/mol. The Morgan fingerprint density at radius 2 is 1.95 bits per heavy atom. The lowest BCUT2D eigenvalue weighted by Crippen LogP contribution is -2.23. The number of aliphatic hydroxyl groups is 1. The first kappa shape index (κ1) is 14.5. The molecule has 3 nitrogen and oxygen atoms in total. The van der Waals surface area contributed by atoms with Gasteiger partial charge in [0.25, 0.3) is 0 Å². The number of rotatable bonds is 5. The molecule has 1 N–H and O–H groups in total. The Labute approximate surface area is 118 Å². The number of pyridine rings is 1. The van der Waals surface area contributed by atoms with Crippen LogP contribution in [0.3, 0.4) is 0 Å². The lowest BCUT2D eigenvalue weighted by molar-refractivity contribution is 0.199. The zero-order valence-corrected chi connectivity index (χ0v) is 11.8. The second-order valence-electron chi connectivity index (χ2n) is 4.88. The Morgan fingerprint density at radius 3 is 2.60 bits per heavy atom. The van der Waals surface area contributed by atoms with Crippen molar-refractivity contribution in [3.8, 4) is 0 Å². The highest BCUT2D eigenvalue weighted by molar-refractivity contribution is 5.55. The van der Waals surface area contributed by atoms with Gasteiger partial charge in [-0.15, -0.1) is 0 Å². The third-order valence-electron chi connectivity index (χ3n) is 3.34. The molecular formula is C16H19FN2O. The minimum atomic E-state index is -0.691. The van der Waals surface area contributed by atoms with Crippen molar-refractivity contribution in [2.24, 2.45) is 0 Å². The molecule has 20 heavy (non-hydrogen) atoms. The van der Waals surface area contributed by atoms with E-state index in [1.54, 1.807) is 31.5 Å². The van der Waals surface area contributed by atoms with Gasteiger partial charge in [-0.05, 0) is 37.1 Å². The van der Waals surface area contributed by atoms with Gasteiger partial charge >= 0.3 is 0 Å². The van der Waals surface area contributed by atoms with E-state index in [1.807, 2.05) is 24.1 Å². The van der Waals surface area contributed by atoms with E-state index in [0.717, 1.165) is 12.0 Å². The van der Waals surface area contributed by atoms with Crippen LogP contribution in [0.15, 0.2) is 42.7 Å². The predicted molar refractivity (Wildman–Crippen MR) is 78.2 cm³/mol. The number of benzene rings is 1. The van der Waals surface area contributed by atoms with Crippen LogP contribution in [0.2, 0.25) is 0 Å². The third-order valence-corrected chi connectivity index (χ3v) is 3.34. The monoisotopic (exact) mass is 274 g/mol. The topological polar surface area (TPSA) is 36.4 Å². The number of likely N-dealkylation sites (N-methyl/N-ethyl adjacent to an activating group) is 1. The third kappa shape index (κ3) is 3.33. The molecule has 0 saturated heterocycles. The van der Waals surface area contributed by atoms with Crippen molar-refractivity contribution >= 4 is 5.69 Å². The van der Waals surface area contributed by atoms with E-state index < -0.39 is 6.10 Å². The number of halogens is 1. The largest absolute Gasteiger partial charge is 0.389 e. The van der Waals surface area contributed by atoms with Gasteiger partial charge in [0.2, 0.25) is 0 Å². The summed E-state index contributed by atoms with van der Waals surface area (Å²) in [6.07, 6.45) is 3.61. The van der Waals surface area contributed by atoms with E-state index in [0.29, 0.717) is 17.8 Å². The molecule has 0 aliphatic rings. The molecule has 1 atom stereocenters. The van der Waals surface area contributed by atoms with Crippen molar-refractivity contribution < 1.29 is 9.50 Å². The Hall–Kier alpha value is -1.94. The van der Waals surface area contributed by atoms with Crippen LogP contribution in [0, 0.1) is 5.82 Å². The second-order valence-corrected chi connectivity index (χ2v) is 4.88. The number of nitrogens with zero attached hydrogens (tertiary/aromatic N) is 2. The first-order valence-corrected chi connectivity index (χ1v) is 6.66. The van der Waals surface area contributed by atoms with E-state index in [9.17, 15) is 9.50 Å². The van der Waals surface area contributed by atoms with E-state index >= 15 is 0 Å². The minimum absolute atomic E-state index is 0.305. The van der Waals surface area contributed by atoms with Gasteiger partial charge in [-0.2, -0.15) is 0 Å². The maximum Gasteiger partial charge on any atom is 0.146 e. The summed E-state index contributed by atoms with van der Waals surface area (Å²) in [5.74, 6) is -0.305. The lowest BCUT2D eigenvalue weighted by atomic mass is 10.1. The van der Waals surface area contributed by atoms with Crippen molar-refractivity contribution in [1.29, 1.82) is 0 Å². The lowest BCUT2D eigenvalue weighted by Gasteiger charge is -2.24. The van der Waals surface area contributed by atoms with E-state index in [-0.39, 0.29) is 5.82 Å². The zero-order chi connectivity index (χ0) is 14.5. The number of aliphatic hydroxyl groups excluding tert-OH is 1. The molecule has 0 amide bonds. The number of hydrogen-bond donors (Lipinski definition) is 1. The van der Waals surface area contributed by atoms with Gasteiger partial charge in [0.1, 0.15) is 5.82 Å². The van der Waals surface area contributed by atoms with Crippen molar-refractivity contribution in [2.75, 3.05) is 18.5 Å². The molecule has 2 aromatic rings. The quantitative estimate of drug-likeness (QED) is 0.910. The summed E-state index contributed by atoms with van der Waals surface area (Å²) in [6, 6.07) is 8.70. The van der Waals surface area contributed by atoms with Gasteiger partial charge < -0.3 is 10.0 Å². The van der Waals surface area contributed by atoms with Crippen LogP contribution < -0.4 is 4.90 Å². The summed E-state index contributed by atoms with van der Waals surface area (Å²) < 4.78 is 14.0. The molecule has 0 spiro atoms. The molecule has 0 bridgehead atoms. The number of hydrogen-bond acceptors (Lipinski definition) is 3. The van der Waals surface area contributed by atoms with Crippen molar-refractivity contribution in [3.05, 3.63) is 59.7 Å². The van der Waals surface area contributed by atoms with Crippen LogP contribution in [0.5, 0.6) is 0 Å². The first-order chi connectivity index (χ1) is 9.59. The summed E-state index contributed by atoms with van der Waals surface area (Å²) >= 11 is 0. The highest BCUT2D eigenvalue weighted by atomic mass is 19.1. The molecule has 0 aliphatic carbocycles. The van der Waals surface area contributed by atoms with Crippen LogP contribution in [0.25, 0.3) is 0 Å². The Kier molecular flexibility index (Phi) is 4.69.